The van der Waals surface area contributed by atoms with E-state index < -0.39 is 15.8 Å². The van der Waals surface area contributed by atoms with Gasteiger partial charge >= 0.3 is 0 Å². The van der Waals surface area contributed by atoms with Crippen molar-refractivity contribution in [2.75, 3.05) is 4.72 Å². The third-order valence-electron chi connectivity index (χ3n) is 2.70. The highest BCUT2D eigenvalue weighted by atomic mass is 35.5. The lowest BCUT2D eigenvalue weighted by Gasteiger charge is -2.08. The van der Waals surface area contributed by atoms with Crippen LogP contribution in [0.3, 0.4) is 0 Å². The lowest BCUT2D eigenvalue weighted by molar-refractivity contribution is 0.594. The van der Waals surface area contributed by atoms with Crippen LogP contribution < -0.4 is 4.72 Å². The van der Waals surface area contributed by atoms with Crippen LogP contribution in [0, 0.1) is 5.82 Å². The molecule has 0 aliphatic carbocycles. The van der Waals surface area contributed by atoms with E-state index in [9.17, 15) is 12.8 Å². The van der Waals surface area contributed by atoms with E-state index in [1.807, 2.05) is 13.8 Å². The highest BCUT2D eigenvalue weighted by Gasteiger charge is 2.22. The predicted molar refractivity (Wildman–Crippen MR) is 77.3 cm³/mol. The Morgan fingerprint density at radius 2 is 2.05 bits per heavy atom. The molecule has 1 N–H and O–H groups in total. The number of anilines is 1. The monoisotopic (exact) mass is 332 g/mol. The minimum Gasteiger partial charge on any atom is -0.247 e. The van der Waals surface area contributed by atoms with E-state index in [2.05, 4.69) is 14.8 Å². The van der Waals surface area contributed by atoms with E-state index in [0.29, 0.717) is 5.82 Å². The van der Waals surface area contributed by atoms with Gasteiger partial charge in [-0.15, -0.1) is 0 Å². The maximum Gasteiger partial charge on any atom is 0.265 e. The smallest absolute Gasteiger partial charge is 0.247 e. The molecule has 2 aromatic rings. The van der Waals surface area contributed by atoms with Crippen LogP contribution in [0.25, 0.3) is 0 Å². The Balaban J connectivity index is 2.40. The van der Waals surface area contributed by atoms with Crippen molar-refractivity contribution in [3.63, 3.8) is 0 Å². The maximum atomic E-state index is 13.2. The second-order valence-corrected chi connectivity index (χ2v) is 6.81. The summed E-state index contributed by atoms with van der Waals surface area (Å²) >= 11 is 5.81. The summed E-state index contributed by atoms with van der Waals surface area (Å²) in [5.41, 5.74) is 0. The highest BCUT2D eigenvalue weighted by Crippen LogP contribution is 2.24. The zero-order chi connectivity index (χ0) is 15.8. The third kappa shape index (κ3) is 3.33. The number of aryl methyl sites for hydroxylation is 1. The average molecular weight is 333 g/mol. The number of benzene rings is 1. The van der Waals surface area contributed by atoms with E-state index in [0.717, 1.165) is 12.1 Å². The third-order valence-corrected chi connectivity index (χ3v) is 4.51. The zero-order valence-corrected chi connectivity index (χ0v) is 13.2. The van der Waals surface area contributed by atoms with Crippen LogP contribution in [-0.4, -0.2) is 23.2 Å². The average Bonchev–Trinajstić information content (AvgIpc) is 2.73. The van der Waals surface area contributed by atoms with Gasteiger partial charge in [-0.3, -0.25) is 0 Å². The fraction of sp³-hybridized carbons (Fsp3) is 0.333. The molecule has 0 spiro atoms. The molecule has 114 valence electrons. The van der Waals surface area contributed by atoms with Gasteiger partial charge in [0.2, 0.25) is 5.95 Å². The first-order valence-corrected chi connectivity index (χ1v) is 7.95. The van der Waals surface area contributed by atoms with Crippen molar-refractivity contribution in [1.29, 1.82) is 0 Å². The zero-order valence-electron chi connectivity index (χ0n) is 11.6. The molecule has 6 nitrogen and oxygen atoms in total. The predicted octanol–water partition coefficient (Wildman–Crippen LogP) is 2.53. The topological polar surface area (TPSA) is 76.9 Å². The van der Waals surface area contributed by atoms with Crippen LogP contribution in [0.5, 0.6) is 0 Å². The molecule has 0 radical (unpaired) electrons. The highest BCUT2D eigenvalue weighted by molar-refractivity contribution is 7.92. The number of nitrogens with zero attached hydrogens (tertiary/aromatic N) is 3. The second kappa shape index (κ2) is 5.61. The van der Waals surface area contributed by atoms with E-state index >= 15 is 0 Å². The van der Waals surface area contributed by atoms with Crippen molar-refractivity contribution in [3.8, 4) is 0 Å². The first-order valence-electron chi connectivity index (χ1n) is 6.09. The Bertz CT molecular complexity index is 774. The van der Waals surface area contributed by atoms with Gasteiger partial charge in [-0.2, -0.15) is 10.1 Å². The summed E-state index contributed by atoms with van der Waals surface area (Å²) in [5, 5.41) is 4.03. The Morgan fingerprint density at radius 3 is 2.62 bits per heavy atom. The Morgan fingerprint density at radius 1 is 1.38 bits per heavy atom. The quantitative estimate of drug-likeness (QED) is 0.933. The van der Waals surface area contributed by atoms with Gasteiger partial charge in [0.25, 0.3) is 10.0 Å². The number of sulfonamides is 1. The standard InChI is InChI=1S/C12H14ClFN4O2S/c1-7(2)11-15-12(18(3)16-11)17-21(19,20)10-6-8(14)4-5-9(10)13/h4-7H,1-3H3,(H,15,16,17). The Labute approximate surface area is 127 Å². The Hall–Kier alpha value is -1.67. The molecule has 2 rings (SSSR count). The van der Waals surface area contributed by atoms with Crippen molar-refractivity contribution in [3.05, 3.63) is 34.9 Å². The van der Waals surface area contributed by atoms with Crippen molar-refractivity contribution in [2.45, 2.75) is 24.7 Å². The van der Waals surface area contributed by atoms with Gasteiger partial charge in [0.15, 0.2) is 5.82 Å². The molecule has 0 fully saturated rings. The van der Waals surface area contributed by atoms with Gasteiger partial charge in [0.05, 0.1) is 5.02 Å². The molecule has 0 aliphatic heterocycles. The summed E-state index contributed by atoms with van der Waals surface area (Å²) in [7, 11) is -2.49. The van der Waals surface area contributed by atoms with Gasteiger partial charge in [0.1, 0.15) is 10.7 Å². The van der Waals surface area contributed by atoms with Crippen LogP contribution >= 0.6 is 11.6 Å². The van der Waals surface area contributed by atoms with E-state index in [4.69, 9.17) is 11.6 Å². The van der Waals surface area contributed by atoms with Crippen LogP contribution in [0.4, 0.5) is 10.3 Å². The second-order valence-electron chi connectivity index (χ2n) is 4.75. The molecule has 0 unspecified atom stereocenters. The fourth-order valence-electron chi connectivity index (χ4n) is 1.60. The molecule has 0 bridgehead atoms. The molecule has 0 aliphatic rings. The molecule has 0 amide bonds. The normalized spacial score (nSPS) is 11.9. The molecule has 1 aromatic heterocycles. The van der Waals surface area contributed by atoms with Gasteiger partial charge in [-0.25, -0.2) is 22.2 Å². The van der Waals surface area contributed by atoms with Crippen molar-refractivity contribution < 1.29 is 12.8 Å². The fourth-order valence-corrected chi connectivity index (χ4v) is 3.14. The SMILES string of the molecule is CC(C)c1nc(NS(=O)(=O)c2cc(F)ccc2Cl)n(C)n1. The number of nitrogens with one attached hydrogen (secondary N) is 1. The van der Waals surface area contributed by atoms with Gasteiger partial charge in [0, 0.05) is 13.0 Å². The van der Waals surface area contributed by atoms with Crippen molar-refractivity contribution >= 4 is 27.6 Å². The van der Waals surface area contributed by atoms with Gasteiger partial charge in [-0.05, 0) is 18.2 Å². The van der Waals surface area contributed by atoms with Crippen LogP contribution in [0.2, 0.25) is 5.02 Å². The summed E-state index contributed by atoms with van der Waals surface area (Å²) in [4.78, 5) is 3.75. The van der Waals surface area contributed by atoms with Crippen LogP contribution in [0.15, 0.2) is 23.1 Å². The number of hydrogen-bond donors (Lipinski definition) is 1. The van der Waals surface area contributed by atoms with Crippen LogP contribution in [0.1, 0.15) is 25.6 Å². The lowest BCUT2D eigenvalue weighted by atomic mass is 10.2. The molecule has 0 saturated carbocycles. The first kappa shape index (κ1) is 15.7. The van der Waals surface area contributed by atoms with E-state index in [-0.39, 0.29) is 21.8 Å². The molecule has 0 atom stereocenters. The lowest BCUT2D eigenvalue weighted by Crippen LogP contribution is -2.16. The summed E-state index contributed by atoms with van der Waals surface area (Å²) in [6.07, 6.45) is 0. The molecule has 0 saturated heterocycles. The minimum atomic E-state index is -4.05. The van der Waals surface area contributed by atoms with Crippen LogP contribution in [-0.2, 0) is 17.1 Å². The molecule has 21 heavy (non-hydrogen) atoms. The van der Waals surface area contributed by atoms with Gasteiger partial charge in [-0.1, -0.05) is 25.4 Å². The van der Waals surface area contributed by atoms with E-state index in [1.165, 1.54) is 10.7 Å². The number of halogens is 2. The molecular formula is C12H14ClFN4O2S. The minimum absolute atomic E-state index is 0.0408. The number of aromatic nitrogens is 3. The first-order chi connectivity index (χ1) is 9.70. The number of rotatable bonds is 4. The molecular weight excluding hydrogens is 319 g/mol. The van der Waals surface area contributed by atoms with Crippen molar-refractivity contribution in [2.24, 2.45) is 7.05 Å². The summed E-state index contributed by atoms with van der Waals surface area (Å²) < 4.78 is 41.3. The molecule has 1 heterocycles. The number of hydrogen-bond acceptors (Lipinski definition) is 4. The summed E-state index contributed by atoms with van der Waals surface area (Å²) in [6, 6.07) is 3.12. The largest absolute Gasteiger partial charge is 0.265 e. The Kier molecular flexibility index (Phi) is 4.20. The summed E-state index contributed by atoms with van der Waals surface area (Å²) in [6.45, 7) is 3.77. The van der Waals surface area contributed by atoms with Gasteiger partial charge < -0.3 is 0 Å². The molecule has 1 aromatic carbocycles. The molecule has 9 heteroatoms. The van der Waals surface area contributed by atoms with Crippen molar-refractivity contribution in [1.82, 2.24) is 14.8 Å². The maximum absolute atomic E-state index is 13.2. The van der Waals surface area contributed by atoms with E-state index in [1.54, 1.807) is 7.05 Å². The summed E-state index contributed by atoms with van der Waals surface area (Å²) in [5.74, 6) is -0.104.